The Balaban J connectivity index is 4.24. The summed E-state index contributed by atoms with van der Waals surface area (Å²) in [5.41, 5.74) is 0. The maximum absolute atomic E-state index is 2.72. The first kappa shape index (κ1) is 24.4. The molecule has 0 aromatic rings. The predicted octanol–water partition coefficient (Wildman–Crippen LogP) is 9.05. The third-order valence-corrected chi connectivity index (χ3v) is 17.1. The Labute approximate surface area is 157 Å². The van der Waals surface area contributed by atoms with Gasteiger partial charge in [0.25, 0.3) is 0 Å². The molecule has 146 valence electrons. The van der Waals surface area contributed by atoms with E-state index in [-0.39, 0.29) is 0 Å². The molecule has 0 N–H and O–H groups in total. The van der Waals surface area contributed by atoms with Crippen LogP contribution in [-0.4, -0.2) is 16.1 Å². The minimum Gasteiger partial charge on any atom is -0.0696 e. The summed E-state index contributed by atoms with van der Waals surface area (Å²) in [6.45, 7) is 18.0. The van der Waals surface area contributed by atoms with Crippen LogP contribution in [-0.2, 0) is 0 Å². The Morgan fingerprint density at radius 3 is 1.42 bits per heavy atom. The highest BCUT2D eigenvalue weighted by atomic mass is 28.4. The van der Waals surface area contributed by atoms with Gasteiger partial charge in [-0.25, -0.2) is 0 Å². The third kappa shape index (κ3) is 11.9. The molecule has 1 atom stereocenters. The zero-order chi connectivity index (χ0) is 18.5. The quantitative estimate of drug-likeness (QED) is 0.188. The molecule has 0 rings (SSSR count). The van der Waals surface area contributed by atoms with Crippen LogP contribution >= 0.6 is 0 Å². The summed E-state index contributed by atoms with van der Waals surface area (Å²) in [6.07, 6.45) is 19.1. The average Bonchev–Trinajstić information content (AvgIpc) is 2.48. The SMILES string of the molecule is CCCCCCCCC([Si](C)(C)C)[Si](C)(C)CCCCCCCC. The highest BCUT2D eigenvalue weighted by Gasteiger charge is 2.39. The van der Waals surface area contributed by atoms with Crippen LogP contribution in [0.15, 0.2) is 0 Å². The molecule has 0 heterocycles. The number of hydrogen-bond donors (Lipinski definition) is 0. The van der Waals surface area contributed by atoms with Crippen molar-refractivity contribution in [3.8, 4) is 0 Å². The maximum Gasteiger partial charge on any atom is 0.0478 e. The van der Waals surface area contributed by atoms with Gasteiger partial charge in [-0.05, 0) is 5.16 Å². The maximum atomic E-state index is 2.72. The highest BCUT2D eigenvalue weighted by molar-refractivity contribution is 6.96. The van der Waals surface area contributed by atoms with Gasteiger partial charge < -0.3 is 0 Å². The Bertz CT molecular complexity index is 278. The standard InChI is InChI=1S/C22H50Si2/c1-8-10-12-14-16-18-20-22(23(3,4)5)24(6,7)21-19-17-15-13-11-9-2/h22H,8-21H2,1-7H3. The minimum atomic E-state index is -1.05. The molecule has 0 radical (unpaired) electrons. The van der Waals surface area contributed by atoms with Crippen LogP contribution in [0.25, 0.3) is 0 Å². The summed E-state index contributed by atoms with van der Waals surface area (Å²) in [4.78, 5) is 0. The monoisotopic (exact) mass is 370 g/mol. The lowest BCUT2D eigenvalue weighted by Crippen LogP contribution is -2.45. The molecular weight excluding hydrogens is 320 g/mol. The summed E-state index contributed by atoms with van der Waals surface area (Å²) < 4.78 is 0. The van der Waals surface area contributed by atoms with Crippen molar-refractivity contribution in [2.75, 3.05) is 0 Å². The van der Waals surface area contributed by atoms with Gasteiger partial charge in [0.15, 0.2) is 0 Å². The molecule has 2 heteroatoms. The van der Waals surface area contributed by atoms with Crippen LogP contribution in [0, 0.1) is 0 Å². The van der Waals surface area contributed by atoms with E-state index in [1.807, 2.05) is 0 Å². The second-order valence-electron chi connectivity index (χ2n) is 9.98. The number of rotatable bonds is 16. The average molecular weight is 371 g/mol. The van der Waals surface area contributed by atoms with Crippen molar-refractivity contribution in [1.29, 1.82) is 0 Å². The van der Waals surface area contributed by atoms with Crippen molar-refractivity contribution < 1.29 is 0 Å². The van der Waals surface area contributed by atoms with Crippen molar-refractivity contribution >= 4 is 16.1 Å². The molecule has 0 aromatic heterocycles. The fourth-order valence-corrected chi connectivity index (χ4v) is 18.0. The van der Waals surface area contributed by atoms with Crippen LogP contribution in [0.3, 0.4) is 0 Å². The largest absolute Gasteiger partial charge is 0.0696 e. The summed E-state index contributed by atoms with van der Waals surface area (Å²) in [5.74, 6) is 0. The van der Waals surface area contributed by atoms with Crippen molar-refractivity contribution in [3.05, 3.63) is 0 Å². The highest BCUT2D eigenvalue weighted by Crippen LogP contribution is 2.40. The molecule has 0 aromatic carbocycles. The van der Waals surface area contributed by atoms with Gasteiger partial charge in [-0.15, -0.1) is 0 Å². The van der Waals surface area contributed by atoms with Crippen molar-refractivity contribution in [2.45, 2.75) is 141 Å². The summed E-state index contributed by atoms with van der Waals surface area (Å²) in [6, 6.07) is 1.59. The van der Waals surface area contributed by atoms with E-state index in [9.17, 15) is 0 Å². The first-order chi connectivity index (χ1) is 11.3. The van der Waals surface area contributed by atoms with Gasteiger partial charge in [0, 0.05) is 16.1 Å². The van der Waals surface area contributed by atoms with Crippen LogP contribution in [0.1, 0.15) is 97.3 Å². The fraction of sp³-hybridized carbons (Fsp3) is 1.00. The molecule has 0 aliphatic carbocycles. The van der Waals surface area contributed by atoms with E-state index in [0.29, 0.717) is 0 Å². The lowest BCUT2D eigenvalue weighted by molar-refractivity contribution is 0.590. The van der Waals surface area contributed by atoms with Crippen LogP contribution < -0.4 is 0 Å². The van der Waals surface area contributed by atoms with Gasteiger partial charge in [0.05, 0.1) is 0 Å². The lowest BCUT2D eigenvalue weighted by atomic mass is 10.1. The summed E-state index contributed by atoms with van der Waals surface area (Å²) in [7, 11) is -2.07. The second kappa shape index (κ2) is 13.6. The zero-order valence-corrected chi connectivity index (χ0v) is 20.5. The summed E-state index contributed by atoms with van der Waals surface area (Å²) >= 11 is 0. The van der Waals surface area contributed by atoms with E-state index in [2.05, 4.69) is 46.6 Å². The predicted molar refractivity (Wildman–Crippen MR) is 121 cm³/mol. The molecular formula is C22H50Si2. The van der Waals surface area contributed by atoms with E-state index in [0.717, 1.165) is 5.16 Å². The fourth-order valence-electron chi connectivity index (χ4n) is 4.66. The van der Waals surface area contributed by atoms with E-state index in [4.69, 9.17) is 0 Å². The van der Waals surface area contributed by atoms with Gasteiger partial charge in [-0.2, -0.15) is 0 Å². The molecule has 0 aliphatic heterocycles. The zero-order valence-electron chi connectivity index (χ0n) is 18.5. The number of hydrogen-bond acceptors (Lipinski definition) is 0. The lowest BCUT2D eigenvalue weighted by Gasteiger charge is -2.41. The molecule has 0 fully saturated rings. The molecule has 0 amide bonds. The van der Waals surface area contributed by atoms with Crippen LogP contribution in [0.2, 0.25) is 43.9 Å². The van der Waals surface area contributed by atoms with E-state index < -0.39 is 16.1 Å². The number of unbranched alkanes of at least 4 members (excludes halogenated alkanes) is 10. The van der Waals surface area contributed by atoms with E-state index in [1.54, 1.807) is 12.5 Å². The molecule has 0 saturated heterocycles. The smallest absolute Gasteiger partial charge is 0.0478 e. The van der Waals surface area contributed by atoms with Gasteiger partial charge in [0.1, 0.15) is 0 Å². The molecule has 0 spiro atoms. The second-order valence-corrected chi connectivity index (χ2v) is 21.2. The van der Waals surface area contributed by atoms with E-state index >= 15 is 0 Å². The van der Waals surface area contributed by atoms with Crippen molar-refractivity contribution in [2.24, 2.45) is 0 Å². The molecule has 24 heavy (non-hydrogen) atoms. The Kier molecular flexibility index (Phi) is 13.9. The van der Waals surface area contributed by atoms with Crippen molar-refractivity contribution in [3.63, 3.8) is 0 Å². The van der Waals surface area contributed by atoms with Gasteiger partial charge in [-0.3, -0.25) is 0 Å². The topological polar surface area (TPSA) is 0 Å². The third-order valence-electron chi connectivity index (χ3n) is 6.01. The van der Waals surface area contributed by atoms with Crippen LogP contribution in [0.5, 0.6) is 0 Å². The first-order valence-electron chi connectivity index (χ1n) is 11.3. The minimum absolute atomic E-state index is 1.02. The van der Waals surface area contributed by atoms with Gasteiger partial charge >= 0.3 is 0 Å². The Hall–Kier alpha value is 0.434. The molecule has 0 bridgehead atoms. The van der Waals surface area contributed by atoms with Gasteiger partial charge in [0.2, 0.25) is 0 Å². The van der Waals surface area contributed by atoms with Crippen molar-refractivity contribution in [1.82, 2.24) is 0 Å². The molecule has 0 nitrogen and oxygen atoms in total. The van der Waals surface area contributed by atoms with Gasteiger partial charge in [-0.1, -0.05) is 136 Å². The first-order valence-corrected chi connectivity index (χ1v) is 18.1. The van der Waals surface area contributed by atoms with Crippen LogP contribution in [0.4, 0.5) is 0 Å². The molecule has 0 saturated carbocycles. The molecule has 0 aliphatic rings. The normalized spacial score (nSPS) is 14.1. The Morgan fingerprint density at radius 1 is 0.542 bits per heavy atom. The van der Waals surface area contributed by atoms with E-state index in [1.165, 1.54) is 77.0 Å². The molecule has 1 unspecified atom stereocenters. The Morgan fingerprint density at radius 2 is 0.958 bits per heavy atom. The summed E-state index contributed by atoms with van der Waals surface area (Å²) in [5, 5.41) is 1.13.